The maximum absolute atomic E-state index is 6.30. The fourth-order valence-electron chi connectivity index (χ4n) is 5.14. The van der Waals surface area contributed by atoms with Gasteiger partial charge in [0.25, 0.3) is 0 Å². The lowest BCUT2D eigenvalue weighted by Crippen LogP contribution is -2.09. The lowest BCUT2D eigenvalue weighted by atomic mass is 10.0. The molecule has 0 unspecified atom stereocenters. The molecule has 0 N–H and O–H groups in total. The number of anilines is 3. The molecule has 3 heteroatoms. The topological polar surface area (TPSA) is 16.4 Å². The van der Waals surface area contributed by atoms with Gasteiger partial charge in [0.05, 0.1) is 0 Å². The number of benzene rings is 5. The van der Waals surface area contributed by atoms with Gasteiger partial charge in [-0.1, -0.05) is 94.8 Å². The van der Waals surface area contributed by atoms with Crippen molar-refractivity contribution in [1.82, 2.24) is 0 Å². The van der Waals surface area contributed by atoms with Gasteiger partial charge in [-0.3, -0.25) is 0 Å². The van der Waals surface area contributed by atoms with Crippen molar-refractivity contribution in [3.05, 3.63) is 144 Å². The maximum atomic E-state index is 6.30. The summed E-state index contributed by atoms with van der Waals surface area (Å²) in [6.45, 7) is 4.12. The average molecular weight is 571 g/mol. The van der Waals surface area contributed by atoms with E-state index < -0.39 is 0 Å². The minimum atomic E-state index is 0.914. The van der Waals surface area contributed by atoms with Crippen molar-refractivity contribution in [2.45, 2.75) is 13.8 Å². The Balaban J connectivity index is 1.41. The number of para-hydroxylation sites is 2. The molecule has 0 fully saturated rings. The van der Waals surface area contributed by atoms with Crippen LogP contribution in [0.2, 0.25) is 0 Å². The first kappa shape index (κ1) is 25.0. The van der Waals surface area contributed by atoms with Crippen molar-refractivity contribution in [2.75, 3.05) is 4.90 Å². The van der Waals surface area contributed by atoms with E-state index >= 15 is 0 Å². The molecule has 0 atom stereocenters. The summed E-state index contributed by atoms with van der Waals surface area (Å²) in [4.78, 5) is 2.28. The van der Waals surface area contributed by atoms with Crippen molar-refractivity contribution in [1.29, 1.82) is 0 Å². The maximum Gasteiger partial charge on any atom is 0.143 e. The number of halogens is 1. The van der Waals surface area contributed by atoms with E-state index in [-0.39, 0.29) is 0 Å². The van der Waals surface area contributed by atoms with E-state index in [9.17, 15) is 0 Å². The van der Waals surface area contributed by atoms with Crippen LogP contribution in [0, 0.1) is 0 Å². The van der Waals surface area contributed by atoms with Crippen LogP contribution in [0.1, 0.15) is 19.4 Å². The molecule has 5 aromatic carbocycles. The van der Waals surface area contributed by atoms with E-state index in [1.807, 2.05) is 19.1 Å². The van der Waals surface area contributed by atoms with E-state index in [1.165, 1.54) is 11.1 Å². The summed E-state index contributed by atoms with van der Waals surface area (Å²) in [6, 6.07) is 40.5. The number of hydrogen-bond donors (Lipinski definition) is 0. The van der Waals surface area contributed by atoms with Crippen LogP contribution in [-0.2, 0) is 0 Å². The highest BCUT2D eigenvalue weighted by Crippen LogP contribution is 2.39. The molecule has 0 aliphatic heterocycles. The second kappa shape index (κ2) is 10.8. The van der Waals surface area contributed by atoms with Crippen LogP contribution in [0.15, 0.2) is 142 Å². The molecule has 2 nitrogen and oxygen atoms in total. The lowest BCUT2D eigenvalue weighted by Gasteiger charge is -2.26. The Morgan fingerprint density at radius 2 is 1.28 bits per heavy atom. The van der Waals surface area contributed by atoms with E-state index in [0.717, 1.165) is 54.6 Å². The molecule has 0 aliphatic carbocycles. The van der Waals surface area contributed by atoms with E-state index in [4.69, 9.17) is 4.42 Å². The van der Waals surface area contributed by atoms with Gasteiger partial charge in [0.2, 0.25) is 0 Å². The smallest absolute Gasteiger partial charge is 0.143 e. The zero-order chi connectivity index (χ0) is 26.8. The average Bonchev–Trinajstić information content (AvgIpc) is 3.37. The number of nitrogens with zero attached hydrogens (tertiary/aromatic N) is 1. The second-order valence-electron chi connectivity index (χ2n) is 9.43. The Labute approximate surface area is 237 Å². The third kappa shape index (κ3) is 4.82. The van der Waals surface area contributed by atoms with Crippen molar-refractivity contribution >= 4 is 60.5 Å². The standard InChI is InChI=1S/C36H28BrNO/c1-3-8-25(4-2)26-13-19-29(20-14-26)38(31-23-17-28(37)18-24-31)30-21-15-27(16-22-30)32-10-7-11-34-33-9-5-6-12-35(33)39-36(32)34/h3-24H,1-2H3/b8-3-,25-4+. The third-order valence-corrected chi connectivity index (χ3v) is 7.57. The Morgan fingerprint density at radius 3 is 1.95 bits per heavy atom. The van der Waals surface area contributed by atoms with E-state index in [0.29, 0.717) is 0 Å². The largest absolute Gasteiger partial charge is 0.455 e. The summed E-state index contributed by atoms with van der Waals surface area (Å²) in [5, 5.41) is 2.29. The molecule has 0 aliphatic rings. The Hall–Kier alpha value is -4.34. The molecule has 0 radical (unpaired) electrons. The predicted octanol–water partition coefficient (Wildman–Crippen LogP) is 11.5. The van der Waals surface area contributed by atoms with Crippen LogP contribution >= 0.6 is 15.9 Å². The molecule has 6 rings (SSSR count). The number of furan rings is 1. The molecule has 0 amide bonds. The summed E-state index contributed by atoms with van der Waals surface area (Å²) >= 11 is 3.58. The summed E-state index contributed by atoms with van der Waals surface area (Å²) < 4.78 is 7.35. The number of rotatable bonds is 6. The van der Waals surface area contributed by atoms with Gasteiger partial charge < -0.3 is 9.32 Å². The van der Waals surface area contributed by atoms with Gasteiger partial charge >= 0.3 is 0 Å². The van der Waals surface area contributed by atoms with Gasteiger partial charge in [0.15, 0.2) is 0 Å². The highest BCUT2D eigenvalue weighted by Gasteiger charge is 2.15. The van der Waals surface area contributed by atoms with Gasteiger partial charge in [-0.15, -0.1) is 0 Å². The highest BCUT2D eigenvalue weighted by molar-refractivity contribution is 9.10. The Kier molecular flexibility index (Phi) is 6.91. The fraction of sp³-hybridized carbons (Fsp3) is 0.0556. The molecular weight excluding hydrogens is 542 g/mol. The van der Waals surface area contributed by atoms with E-state index in [2.05, 4.69) is 149 Å². The molecule has 190 valence electrons. The van der Waals surface area contributed by atoms with Crippen LogP contribution in [0.4, 0.5) is 17.1 Å². The predicted molar refractivity (Wildman–Crippen MR) is 170 cm³/mol. The van der Waals surface area contributed by atoms with Gasteiger partial charge in [-0.2, -0.15) is 0 Å². The van der Waals surface area contributed by atoms with Crippen molar-refractivity contribution < 1.29 is 4.42 Å². The zero-order valence-corrected chi connectivity index (χ0v) is 23.5. The summed E-state index contributed by atoms with van der Waals surface area (Å²) in [5.41, 5.74) is 9.75. The quantitative estimate of drug-likeness (QED) is 0.185. The van der Waals surface area contributed by atoms with Crippen LogP contribution in [-0.4, -0.2) is 0 Å². The Bertz CT molecular complexity index is 1810. The van der Waals surface area contributed by atoms with Gasteiger partial charge in [0.1, 0.15) is 11.2 Å². The molecule has 39 heavy (non-hydrogen) atoms. The molecular formula is C36H28BrNO. The number of allylic oxidation sites excluding steroid dienone is 4. The molecule has 1 aromatic heterocycles. The molecule has 0 bridgehead atoms. The first-order chi connectivity index (χ1) is 19.2. The van der Waals surface area contributed by atoms with Crippen LogP contribution in [0.3, 0.4) is 0 Å². The van der Waals surface area contributed by atoms with E-state index in [1.54, 1.807) is 0 Å². The Morgan fingerprint density at radius 1 is 0.667 bits per heavy atom. The monoisotopic (exact) mass is 569 g/mol. The first-order valence-electron chi connectivity index (χ1n) is 13.1. The molecule has 6 aromatic rings. The van der Waals surface area contributed by atoms with Crippen LogP contribution in [0.5, 0.6) is 0 Å². The molecule has 0 spiro atoms. The van der Waals surface area contributed by atoms with Crippen LogP contribution < -0.4 is 4.90 Å². The first-order valence-corrected chi connectivity index (χ1v) is 13.9. The highest BCUT2D eigenvalue weighted by atomic mass is 79.9. The fourth-order valence-corrected chi connectivity index (χ4v) is 5.41. The van der Waals surface area contributed by atoms with Crippen LogP contribution in [0.25, 0.3) is 38.6 Å². The van der Waals surface area contributed by atoms with Gasteiger partial charge in [0, 0.05) is 37.9 Å². The third-order valence-electron chi connectivity index (χ3n) is 7.04. The molecule has 0 saturated carbocycles. The summed E-state index contributed by atoms with van der Waals surface area (Å²) in [6.07, 6.45) is 6.36. The lowest BCUT2D eigenvalue weighted by molar-refractivity contribution is 0.670. The van der Waals surface area contributed by atoms with Crippen molar-refractivity contribution in [2.24, 2.45) is 0 Å². The molecule has 0 saturated heterocycles. The minimum Gasteiger partial charge on any atom is -0.455 e. The molecule has 1 heterocycles. The minimum absolute atomic E-state index is 0.914. The summed E-state index contributed by atoms with van der Waals surface area (Å²) in [7, 11) is 0. The number of hydrogen-bond acceptors (Lipinski definition) is 2. The van der Waals surface area contributed by atoms with Gasteiger partial charge in [-0.05, 0) is 85.1 Å². The zero-order valence-electron chi connectivity index (χ0n) is 21.9. The van der Waals surface area contributed by atoms with Gasteiger partial charge in [-0.25, -0.2) is 0 Å². The SMILES string of the molecule is C/C=C\C(=C/C)c1ccc(N(c2ccc(Br)cc2)c2ccc(-c3cccc4c3oc3ccccc34)cc2)cc1. The second-order valence-corrected chi connectivity index (χ2v) is 10.3. The number of fused-ring (bicyclic) bond motifs is 3. The van der Waals surface area contributed by atoms with Crippen molar-refractivity contribution in [3.8, 4) is 11.1 Å². The summed E-state index contributed by atoms with van der Waals surface area (Å²) in [5.74, 6) is 0. The van der Waals surface area contributed by atoms with Crippen molar-refractivity contribution in [3.63, 3.8) is 0 Å². The normalized spacial score (nSPS) is 12.0.